The lowest BCUT2D eigenvalue weighted by Gasteiger charge is -2.36. The van der Waals surface area contributed by atoms with E-state index in [0.717, 1.165) is 12.8 Å². The normalized spacial score (nSPS) is 21.1. The molecule has 0 radical (unpaired) electrons. The molecule has 16 heavy (non-hydrogen) atoms. The van der Waals surface area contributed by atoms with Gasteiger partial charge in [-0.1, -0.05) is 26.8 Å². The largest absolute Gasteiger partial charge is 0.414 e. The van der Waals surface area contributed by atoms with E-state index in [0.29, 0.717) is 0 Å². The molecule has 0 heterocycles. The first kappa shape index (κ1) is 13.9. The van der Waals surface area contributed by atoms with Crippen molar-refractivity contribution in [3.8, 4) is 0 Å². The Bertz CT molecular complexity index is 253. The highest BCUT2D eigenvalue weighted by Crippen LogP contribution is 2.32. The highest BCUT2D eigenvalue weighted by atomic mass is 28.3. The van der Waals surface area contributed by atoms with Crippen molar-refractivity contribution in [3.63, 3.8) is 0 Å². The van der Waals surface area contributed by atoms with Crippen LogP contribution in [0.4, 0.5) is 0 Å². The summed E-state index contributed by atoms with van der Waals surface area (Å²) in [6.45, 7) is 10.8. The van der Waals surface area contributed by atoms with Crippen molar-refractivity contribution in [2.75, 3.05) is 0 Å². The lowest BCUT2D eigenvalue weighted by Crippen LogP contribution is -2.43. The molecule has 1 N–H and O–H groups in total. The third-order valence-electron chi connectivity index (χ3n) is 3.02. The van der Waals surface area contributed by atoms with Crippen LogP contribution < -0.4 is 0 Å². The molecule has 2 unspecified atom stereocenters. The molecule has 1 aliphatic rings. The van der Waals surface area contributed by atoms with Crippen molar-refractivity contribution in [1.82, 2.24) is 0 Å². The molecular formula is C13H26O2Si. The fourth-order valence-electron chi connectivity index (χ4n) is 2.20. The lowest BCUT2D eigenvalue weighted by atomic mass is 9.83. The molecule has 3 heteroatoms. The van der Waals surface area contributed by atoms with E-state index in [9.17, 15) is 5.11 Å². The predicted molar refractivity (Wildman–Crippen MR) is 71.1 cm³/mol. The van der Waals surface area contributed by atoms with E-state index in [2.05, 4.69) is 39.9 Å². The van der Waals surface area contributed by atoms with Gasteiger partial charge in [0.2, 0.25) is 0 Å². The first-order valence-corrected chi connectivity index (χ1v) is 9.13. The van der Waals surface area contributed by atoms with E-state index < -0.39 is 15.1 Å². The van der Waals surface area contributed by atoms with Crippen LogP contribution in [0.3, 0.4) is 0 Å². The molecule has 0 aliphatic heterocycles. The van der Waals surface area contributed by atoms with E-state index >= 15 is 0 Å². The average Bonchev–Trinajstić information content (AvgIpc) is 2.63. The summed E-state index contributed by atoms with van der Waals surface area (Å²) in [6.07, 6.45) is 5.07. The topological polar surface area (TPSA) is 29.5 Å². The molecule has 0 bridgehead atoms. The number of allylic oxidation sites excluding steroid dienone is 1. The minimum absolute atomic E-state index is 0.000116. The zero-order chi connectivity index (χ0) is 12.3. The van der Waals surface area contributed by atoms with E-state index in [4.69, 9.17) is 4.43 Å². The highest BCUT2D eigenvalue weighted by Gasteiger charge is 2.34. The van der Waals surface area contributed by atoms with Gasteiger partial charge in [0, 0.05) is 0 Å². The van der Waals surface area contributed by atoms with Gasteiger partial charge in [0.15, 0.2) is 9.04 Å². The second-order valence-electron chi connectivity index (χ2n) is 6.09. The van der Waals surface area contributed by atoms with Crippen molar-refractivity contribution in [3.05, 3.63) is 11.6 Å². The maximum atomic E-state index is 10.4. The third kappa shape index (κ3) is 3.72. The maximum Gasteiger partial charge on any atom is 0.171 e. The summed E-state index contributed by atoms with van der Waals surface area (Å²) in [6, 6.07) is 0. The number of rotatable bonds is 4. The van der Waals surface area contributed by atoms with Gasteiger partial charge in [0.1, 0.15) is 6.10 Å². The monoisotopic (exact) mass is 242 g/mol. The zero-order valence-corrected chi connectivity index (χ0v) is 12.4. The van der Waals surface area contributed by atoms with Gasteiger partial charge in [-0.3, -0.25) is 0 Å². The van der Waals surface area contributed by atoms with Gasteiger partial charge in [0.05, 0.1) is 6.10 Å². The van der Waals surface area contributed by atoms with E-state index in [1.165, 1.54) is 12.0 Å². The van der Waals surface area contributed by atoms with Gasteiger partial charge >= 0.3 is 0 Å². The Labute approximate surface area is 101 Å². The Hall–Kier alpha value is -0.123. The zero-order valence-electron chi connectivity index (χ0n) is 11.3. The van der Waals surface area contributed by atoms with E-state index in [1.54, 1.807) is 0 Å². The number of hydrogen-bond acceptors (Lipinski definition) is 2. The van der Waals surface area contributed by atoms with Crippen LogP contribution in [0.25, 0.3) is 0 Å². The van der Waals surface area contributed by atoms with Crippen LogP contribution in [0.5, 0.6) is 0 Å². The van der Waals surface area contributed by atoms with E-state index in [1.807, 2.05) is 0 Å². The molecule has 0 aromatic carbocycles. The molecule has 2 atom stereocenters. The predicted octanol–water partition coefficient (Wildman–Crippen LogP) is 2.87. The molecule has 0 amide bonds. The third-order valence-corrected chi connectivity index (χ3v) is 3.85. The molecule has 2 nitrogen and oxygen atoms in total. The summed E-state index contributed by atoms with van der Waals surface area (Å²) < 4.78 is 6.04. The van der Waals surface area contributed by atoms with Crippen molar-refractivity contribution in [2.24, 2.45) is 5.41 Å². The summed E-state index contributed by atoms with van der Waals surface area (Å²) in [5.41, 5.74) is 1.19. The SMILES string of the molecule is C[SiH](C)OC(C(O)C1=CCCC1)C(C)(C)C. The average molecular weight is 242 g/mol. The summed E-state index contributed by atoms with van der Waals surface area (Å²) in [5, 5.41) is 10.4. The van der Waals surface area contributed by atoms with Crippen molar-refractivity contribution in [2.45, 2.75) is 65.3 Å². The molecule has 94 valence electrons. The lowest BCUT2D eigenvalue weighted by molar-refractivity contribution is -0.0111. The second-order valence-corrected chi connectivity index (χ2v) is 8.46. The summed E-state index contributed by atoms with van der Waals surface area (Å²) in [5.74, 6) is 0. The molecule has 0 spiro atoms. The fourth-order valence-corrected chi connectivity index (χ4v) is 3.35. The van der Waals surface area contributed by atoms with Gasteiger partial charge in [0.25, 0.3) is 0 Å². The van der Waals surface area contributed by atoms with Crippen LogP contribution in [0, 0.1) is 5.41 Å². The van der Waals surface area contributed by atoms with Crippen LogP contribution in [0.2, 0.25) is 13.1 Å². The molecular weight excluding hydrogens is 216 g/mol. The summed E-state index contributed by atoms with van der Waals surface area (Å²) in [4.78, 5) is 0. The van der Waals surface area contributed by atoms with Gasteiger partial charge in [-0.15, -0.1) is 0 Å². The second kappa shape index (κ2) is 5.47. The number of aliphatic hydroxyl groups is 1. The molecule has 0 aromatic rings. The van der Waals surface area contributed by atoms with Crippen molar-refractivity contribution in [1.29, 1.82) is 0 Å². The van der Waals surface area contributed by atoms with Crippen LogP contribution in [0.1, 0.15) is 40.0 Å². The maximum absolute atomic E-state index is 10.4. The first-order valence-electron chi connectivity index (χ1n) is 6.35. The van der Waals surface area contributed by atoms with Crippen LogP contribution in [0.15, 0.2) is 11.6 Å². The quantitative estimate of drug-likeness (QED) is 0.607. The van der Waals surface area contributed by atoms with Crippen molar-refractivity contribution < 1.29 is 9.53 Å². The molecule has 1 rings (SSSR count). The standard InChI is InChI=1S/C13H26O2Si/c1-13(2,3)12(15-16(4)5)11(14)10-8-6-7-9-10/h8,11-12,14,16H,6-7,9H2,1-5H3. The summed E-state index contributed by atoms with van der Waals surface area (Å²) >= 11 is 0. The van der Waals surface area contributed by atoms with Crippen LogP contribution >= 0.6 is 0 Å². The Balaban J connectivity index is 2.75. The van der Waals surface area contributed by atoms with E-state index in [-0.39, 0.29) is 11.5 Å². The van der Waals surface area contributed by atoms with Crippen LogP contribution in [-0.4, -0.2) is 26.4 Å². The first-order chi connectivity index (χ1) is 7.32. The Morgan fingerprint density at radius 1 is 1.38 bits per heavy atom. The Kier molecular flexibility index (Phi) is 4.77. The molecule has 0 aromatic heterocycles. The number of hydrogen-bond donors (Lipinski definition) is 1. The summed E-state index contributed by atoms with van der Waals surface area (Å²) in [7, 11) is -1.11. The molecule has 0 fully saturated rings. The van der Waals surface area contributed by atoms with Gasteiger partial charge in [-0.25, -0.2) is 0 Å². The highest BCUT2D eigenvalue weighted by molar-refractivity contribution is 6.48. The number of aliphatic hydroxyl groups excluding tert-OH is 1. The van der Waals surface area contributed by atoms with Crippen LogP contribution in [-0.2, 0) is 4.43 Å². The van der Waals surface area contributed by atoms with Gasteiger partial charge in [-0.2, -0.15) is 0 Å². The van der Waals surface area contributed by atoms with Crippen molar-refractivity contribution >= 4 is 9.04 Å². The van der Waals surface area contributed by atoms with Gasteiger partial charge < -0.3 is 9.53 Å². The molecule has 0 saturated heterocycles. The smallest absolute Gasteiger partial charge is 0.171 e. The molecule has 0 saturated carbocycles. The Morgan fingerprint density at radius 2 is 2.00 bits per heavy atom. The minimum Gasteiger partial charge on any atom is -0.414 e. The minimum atomic E-state index is -1.11. The Morgan fingerprint density at radius 3 is 2.38 bits per heavy atom. The van der Waals surface area contributed by atoms with Gasteiger partial charge in [-0.05, 0) is 43.3 Å². The fraction of sp³-hybridized carbons (Fsp3) is 0.846. The molecule has 1 aliphatic carbocycles.